The molecule has 0 aromatic rings. The number of esters is 2. The Morgan fingerprint density at radius 1 is 1.21 bits per heavy atom. The molecule has 28 heavy (non-hydrogen) atoms. The largest absolute Gasteiger partial charge is 0.460 e. The zero-order chi connectivity index (χ0) is 19.8. The van der Waals surface area contributed by atoms with Crippen molar-refractivity contribution in [2.45, 2.75) is 95.1 Å². The van der Waals surface area contributed by atoms with Gasteiger partial charge in [-0.05, 0) is 57.9 Å². The molecule has 0 bridgehead atoms. The summed E-state index contributed by atoms with van der Waals surface area (Å²) in [5.74, 6) is -0.0492. The van der Waals surface area contributed by atoms with Gasteiger partial charge in [0.1, 0.15) is 12.2 Å². The number of hydrogen-bond acceptors (Lipinski definition) is 6. The van der Waals surface area contributed by atoms with Crippen molar-refractivity contribution in [1.29, 1.82) is 0 Å². The van der Waals surface area contributed by atoms with Crippen molar-refractivity contribution in [2.24, 2.45) is 23.7 Å². The van der Waals surface area contributed by atoms with Gasteiger partial charge in [-0.1, -0.05) is 20.3 Å². The van der Waals surface area contributed by atoms with Crippen LogP contribution in [-0.4, -0.2) is 57.9 Å². The molecule has 0 aromatic heterocycles. The highest BCUT2D eigenvalue weighted by Gasteiger charge is 2.75. The number of rotatable bonds is 2. The van der Waals surface area contributed by atoms with Crippen LogP contribution in [0, 0.1) is 23.7 Å². The molecule has 4 aliphatic heterocycles. The number of cyclic esters (lactones) is 1. The Hall–Kier alpha value is -1.14. The van der Waals surface area contributed by atoms with E-state index in [4.69, 9.17) is 9.47 Å². The smallest absolute Gasteiger partial charge is 0.338 e. The number of carbonyl (C=O) groups excluding carboxylic acids is 2. The van der Waals surface area contributed by atoms with Gasteiger partial charge in [-0.3, -0.25) is 9.69 Å². The minimum atomic E-state index is -1.44. The Balaban J connectivity index is 1.58. The average molecular weight is 392 g/mol. The van der Waals surface area contributed by atoms with E-state index in [0.717, 1.165) is 45.1 Å². The topological polar surface area (TPSA) is 76.1 Å². The summed E-state index contributed by atoms with van der Waals surface area (Å²) < 4.78 is 11.6. The molecule has 0 unspecified atom stereocenters. The quantitative estimate of drug-likeness (QED) is 0.728. The van der Waals surface area contributed by atoms with Gasteiger partial charge in [0.05, 0.1) is 11.8 Å². The molecule has 1 saturated carbocycles. The predicted octanol–water partition coefficient (Wildman–Crippen LogP) is 2.27. The summed E-state index contributed by atoms with van der Waals surface area (Å²) >= 11 is 0. The maximum Gasteiger partial charge on any atom is 0.338 e. The second-order valence-corrected chi connectivity index (χ2v) is 10.1. The molecule has 5 fully saturated rings. The standard InChI is InChI=1S/C22H33NO5/c1-4-13-14-7-5-6-10-23-15(16-11-12(2)19(24)27-16)8-9-22(14,23)18-17(13)28-20(25)21(18,3)26/h12-18,26H,4-11H2,1-3H3/t12-,13-,14+,15+,16+,17-,18+,21-,22-/m1/s1. The van der Waals surface area contributed by atoms with Gasteiger partial charge in [0.15, 0.2) is 5.60 Å². The number of ether oxygens (including phenoxy) is 2. The van der Waals surface area contributed by atoms with E-state index in [1.54, 1.807) is 6.92 Å². The van der Waals surface area contributed by atoms with E-state index in [9.17, 15) is 14.7 Å². The summed E-state index contributed by atoms with van der Waals surface area (Å²) in [6.07, 6.45) is 6.81. The molecule has 4 saturated heterocycles. The summed E-state index contributed by atoms with van der Waals surface area (Å²) in [4.78, 5) is 27.2. The third-order valence-electron chi connectivity index (χ3n) is 8.81. The van der Waals surface area contributed by atoms with E-state index < -0.39 is 11.6 Å². The fourth-order valence-corrected chi connectivity index (χ4v) is 7.80. The first kappa shape index (κ1) is 18.9. The number of hydrogen-bond donors (Lipinski definition) is 1. The molecule has 4 heterocycles. The maximum absolute atomic E-state index is 12.6. The summed E-state index contributed by atoms with van der Waals surface area (Å²) in [5, 5.41) is 11.3. The molecule has 5 aliphatic rings. The first-order valence-corrected chi connectivity index (χ1v) is 11.2. The highest BCUT2D eigenvalue weighted by atomic mass is 16.6. The molecule has 1 N–H and O–H groups in total. The number of carbonyl (C=O) groups is 2. The fraction of sp³-hybridized carbons (Fsp3) is 0.909. The third-order valence-corrected chi connectivity index (χ3v) is 8.81. The zero-order valence-corrected chi connectivity index (χ0v) is 17.2. The van der Waals surface area contributed by atoms with E-state index in [1.807, 2.05) is 6.92 Å². The molecule has 0 aromatic carbocycles. The minimum absolute atomic E-state index is 0.0384. The van der Waals surface area contributed by atoms with Crippen LogP contribution in [0.5, 0.6) is 0 Å². The Morgan fingerprint density at radius 3 is 2.68 bits per heavy atom. The third kappa shape index (κ3) is 2.22. The van der Waals surface area contributed by atoms with Gasteiger partial charge >= 0.3 is 11.9 Å². The Morgan fingerprint density at radius 2 is 2.00 bits per heavy atom. The first-order chi connectivity index (χ1) is 13.3. The van der Waals surface area contributed by atoms with Gasteiger partial charge in [-0.2, -0.15) is 0 Å². The zero-order valence-electron chi connectivity index (χ0n) is 17.2. The molecule has 9 atom stereocenters. The van der Waals surface area contributed by atoms with Crippen molar-refractivity contribution in [3.05, 3.63) is 0 Å². The lowest BCUT2D eigenvalue weighted by Gasteiger charge is -2.47. The van der Waals surface area contributed by atoms with Crippen LogP contribution in [0.25, 0.3) is 0 Å². The van der Waals surface area contributed by atoms with Crippen LogP contribution in [-0.2, 0) is 19.1 Å². The van der Waals surface area contributed by atoms with Gasteiger partial charge in [0.25, 0.3) is 0 Å². The molecule has 5 rings (SSSR count). The molecule has 6 nitrogen and oxygen atoms in total. The molecule has 156 valence electrons. The first-order valence-electron chi connectivity index (χ1n) is 11.2. The number of aliphatic hydroxyl groups is 1. The van der Waals surface area contributed by atoms with Crippen LogP contribution in [0.1, 0.15) is 65.7 Å². The lowest BCUT2D eigenvalue weighted by Crippen LogP contribution is -2.61. The maximum atomic E-state index is 12.6. The average Bonchev–Trinajstić information content (AvgIpc) is 3.28. The van der Waals surface area contributed by atoms with Crippen LogP contribution < -0.4 is 0 Å². The summed E-state index contributed by atoms with van der Waals surface area (Å²) in [6, 6.07) is 0.192. The normalized spacial score (nSPS) is 53.4. The molecule has 6 heteroatoms. The summed E-state index contributed by atoms with van der Waals surface area (Å²) in [7, 11) is 0. The lowest BCUT2D eigenvalue weighted by molar-refractivity contribution is -0.159. The molecule has 0 amide bonds. The van der Waals surface area contributed by atoms with Crippen molar-refractivity contribution in [3.8, 4) is 0 Å². The summed E-state index contributed by atoms with van der Waals surface area (Å²) in [5.41, 5.74) is -1.66. The fourth-order valence-electron chi connectivity index (χ4n) is 7.80. The Labute approximate surface area is 166 Å². The van der Waals surface area contributed by atoms with E-state index in [1.165, 1.54) is 6.42 Å². The predicted molar refractivity (Wildman–Crippen MR) is 101 cm³/mol. The van der Waals surface area contributed by atoms with Crippen molar-refractivity contribution < 1.29 is 24.2 Å². The van der Waals surface area contributed by atoms with E-state index in [-0.39, 0.29) is 41.6 Å². The monoisotopic (exact) mass is 391 g/mol. The van der Waals surface area contributed by atoms with Crippen LogP contribution in [0.2, 0.25) is 0 Å². The van der Waals surface area contributed by atoms with Gasteiger partial charge < -0.3 is 14.6 Å². The Kier molecular flexibility index (Phi) is 4.16. The van der Waals surface area contributed by atoms with Gasteiger partial charge in [-0.25, -0.2) is 4.79 Å². The van der Waals surface area contributed by atoms with E-state index in [2.05, 4.69) is 11.8 Å². The van der Waals surface area contributed by atoms with Crippen LogP contribution in [0.3, 0.4) is 0 Å². The number of fused-ring (bicyclic) bond motifs is 1. The minimum Gasteiger partial charge on any atom is -0.460 e. The van der Waals surface area contributed by atoms with E-state index >= 15 is 0 Å². The SMILES string of the molecule is CC[C@H]1[C@H]2OC(=O)[C@](C)(O)[C@H]2[C@]23CC[C@@H]([C@@H]4C[C@@H](C)C(=O)O4)N2CCCC[C@@H]13. The van der Waals surface area contributed by atoms with Gasteiger partial charge in [-0.15, -0.1) is 0 Å². The Bertz CT molecular complexity index is 692. The molecule has 0 radical (unpaired) electrons. The second kappa shape index (κ2) is 6.18. The highest BCUT2D eigenvalue weighted by Crippen LogP contribution is 2.64. The molecular weight excluding hydrogens is 358 g/mol. The van der Waals surface area contributed by atoms with Crippen molar-refractivity contribution >= 4 is 11.9 Å². The van der Waals surface area contributed by atoms with E-state index in [0.29, 0.717) is 11.8 Å². The van der Waals surface area contributed by atoms with Crippen molar-refractivity contribution in [2.75, 3.05) is 6.54 Å². The highest BCUT2D eigenvalue weighted by molar-refractivity contribution is 5.82. The molecule has 1 spiro atoms. The van der Waals surface area contributed by atoms with Crippen LogP contribution >= 0.6 is 0 Å². The molecular formula is C22H33NO5. The lowest BCUT2D eigenvalue weighted by atomic mass is 9.70. The summed E-state index contributed by atoms with van der Waals surface area (Å²) in [6.45, 7) is 6.75. The van der Waals surface area contributed by atoms with Crippen LogP contribution in [0.15, 0.2) is 0 Å². The number of nitrogens with zero attached hydrogens (tertiary/aromatic N) is 1. The molecule has 1 aliphatic carbocycles. The second-order valence-electron chi connectivity index (χ2n) is 10.1. The van der Waals surface area contributed by atoms with Crippen molar-refractivity contribution in [1.82, 2.24) is 4.90 Å². The van der Waals surface area contributed by atoms with Crippen LogP contribution in [0.4, 0.5) is 0 Å². The van der Waals surface area contributed by atoms with Gasteiger partial charge in [0.2, 0.25) is 0 Å². The van der Waals surface area contributed by atoms with Crippen molar-refractivity contribution in [3.63, 3.8) is 0 Å². The van der Waals surface area contributed by atoms with Gasteiger partial charge in [0, 0.05) is 17.5 Å².